The van der Waals surface area contributed by atoms with Gasteiger partial charge in [0.05, 0.1) is 19.3 Å². The molecule has 0 aromatic carbocycles. The number of aliphatic hydroxyl groups is 1. The fraction of sp³-hybridized carbons (Fsp3) is 0.771. The summed E-state index contributed by atoms with van der Waals surface area (Å²) in [5, 5.41) is 18.5. The van der Waals surface area contributed by atoms with Crippen LogP contribution in [0.15, 0.2) is 48.6 Å². The molecule has 0 aromatic rings. The molecule has 0 rings (SSSR count). The Hall–Kier alpha value is -2.60. The molecule has 4 atom stereocenters. The number of carbonyl (C=O) groups is 3. The van der Waals surface area contributed by atoms with Crippen molar-refractivity contribution in [2.75, 3.05) is 19.8 Å². The Bertz CT molecular complexity index is 1240. The minimum atomic E-state index is -4.74. The summed E-state index contributed by atoms with van der Waals surface area (Å²) in [6.07, 6.45) is 45.5. The molecule has 0 aromatic heterocycles. The lowest BCUT2D eigenvalue weighted by atomic mass is 10.0. The predicted octanol–water partition coefficient (Wildman–Crippen LogP) is 11.9. The summed E-state index contributed by atoms with van der Waals surface area (Å²) < 4.78 is 32.7. The third kappa shape index (κ3) is 42.5. The van der Waals surface area contributed by atoms with Crippen LogP contribution >= 0.6 is 7.82 Å². The topological polar surface area (TPSA) is 192 Å². The first-order chi connectivity index (χ1) is 29.5. The highest BCUT2D eigenvalue weighted by Crippen LogP contribution is 2.43. The molecular weight excluding hydrogens is 797 g/mol. The van der Waals surface area contributed by atoms with Gasteiger partial charge in [0, 0.05) is 12.8 Å². The molecule has 0 spiro atoms. The van der Waals surface area contributed by atoms with Gasteiger partial charge in [-0.1, -0.05) is 178 Å². The summed E-state index contributed by atoms with van der Waals surface area (Å²) in [4.78, 5) is 46.0. The molecule has 0 saturated heterocycles. The minimum Gasteiger partial charge on any atom is -0.480 e. The SMILES string of the molecule is CCCCCCCCCCCCCCCCCCCCCC(=O)O[C@H](COC(=O)CCC/C=C\C/C=C\C/C=C\C/C=C\CC[C@@H](O)CC)COP(=O)(O)OC[C@H](N)C(=O)O. The Morgan fingerprint density at radius 2 is 1.00 bits per heavy atom. The zero-order valence-electron chi connectivity index (χ0n) is 38.1. The number of nitrogens with two attached hydrogens (primary N) is 1. The fourth-order valence-electron chi connectivity index (χ4n) is 6.33. The number of esters is 2. The van der Waals surface area contributed by atoms with Gasteiger partial charge in [-0.3, -0.25) is 23.4 Å². The molecule has 0 bridgehead atoms. The van der Waals surface area contributed by atoms with E-state index >= 15 is 0 Å². The van der Waals surface area contributed by atoms with Crippen molar-refractivity contribution in [3.8, 4) is 0 Å². The molecule has 0 aliphatic carbocycles. The van der Waals surface area contributed by atoms with Crippen LogP contribution in [0.4, 0.5) is 0 Å². The zero-order valence-corrected chi connectivity index (χ0v) is 39.0. The smallest absolute Gasteiger partial charge is 0.472 e. The second-order valence-electron chi connectivity index (χ2n) is 16.0. The van der Waals surface area contributed by atoms with E-state index in [0.29, 0.717) is 19.3 Å². The number of carbonyl (C=O) groups excluding carboxylic acids is 2. The molecule has 354 valence electrons. The first kappa shape index (κ1) is 58.4. The Morgan fingerprint density at radius 3 is 1.48 bits per heavy atom. The van der Waals surface area contributed by atoms with E-state index in [9.17, 15) is 28.9 Å². The Kier molecular flexibility index (Phi) is 40.9. The Labute approximate surface area is 369 Å². The van der Waals surface area contributed by atoms with Crippen LogP contribution in [0.2, 0.25) is 0 Å². The molecular formula is C48H86NO11P. The first-order valence-corrected chi connectivity index (χ1v) is 25.2. The van der Waals surface area contributed by atoms with Gasteiger partial charge in [-0.15, -0.1) is 0 Å². The van der Waals surface area contributed by atoms with Crippen LogP contribution in [0.1, 0.15) is 200 Å². The maximum Gasteiger partial charge on any atom is 0.472 e. The van der Waals surface area contributed by atoms with Crippen molar-refractivity contribution in [1.29, 1.82) is 0 Å². The highest BCUT2D eigenvalue weighted by Gasteiger charge is 2.28. The summed E-state index contributed by atoms with van der Waals surface area (Å²) in [6.45, 7) is 2.48. The second kappa shape index (κ2) is 42.7. The van der Waals surface area contributed by atoms with Crippen LogP contribution in [-0.4, -0.2) is 71.1 Å². The second-order valence-corrected chi connectivity index (χ2v) is 17.5. The number of phosphoric ester groups is 1. The standard InChI is InChI=1S/C48H86NO11P/c1-3-5-6-7-8-9-10-11-12-13-14-15-16-21-24-27-30-33-36-39-47(52)60-44(41-58-61(55,56)59-42-45(49)48(53)54)40-57-46(51)38-35-32-29-26-23-20-18-17-19-22-25-28-31-34-37-43(50)4-2/h18-20,22,26,28-29,31,43-45,50H,3-17,21,23-25,27,30,32-42,49H2,1-2H3,(H,53,54)(H,55,56)/b20-18-,22-19-,29-26-,31-28-/t43-,44+,45-/m0/s1. The monoisotopic (exact) mass is 884 g/mol. The van der Waals surface area contributed by atoms with Crippen LogP contribution in [0.3, 0.4) is 0 Å². The number of carboxylic acid groups (broad SMARTS) is 1. The molecule has 1 unspecified atom stereocenters. The number of rotatable bonds is 44. The third-order valence-corrected chi connectivity index (χ3v) is 11.2. The molecule has 0 aliphatic heterocycles. The lowest BCUT2D eigenvalue weighted by molar-refractivity contribution is -0.161. The van der Waals surface area contributed by atoms with Gasteiger partial charge in [0.25, 0.3) is 0 Å². The number of ether oxygens (including phenoxy) is 2. The molecule has 0 aliphatic rings. The van der Waals surface area contributed by atoms with Gasteiger partial charge >= 0.3 is 25.7 Å². The van der Waals surface area contributed by atoms with Crippen molar-refractivity contribution in [2.45, 2.75) is 218 Å². The number of hydrogen-bond donors (Lipinski definition) is 4. The van der Waals surface area contributed by atoms with Gasteiger partial charge < -0.3 is 30.3 Å². The van der Waals surface area contributed by atoms with E-state index in [2.05, 4.69) is 47.9 Å². The number of carboxylic acids is 1. The minimum absolute atomic E-state index is 0.133. The summed E-state index contributed by atoms with van der Waals surface area (Å²) in [5.41, 5.74) is 5.34. The quantitative estimate of drug-likeness (QED) is 0.0196. The molecule has 13 heteroatoms. The number of hydrogen-bond acceptors (Lipinski definition) is 10. The molecule has 0 heterocycles. The Morgan fingerprint density at radius 1 is 0.574 bits per heavy atom. The Balaban J connectivity index is 4.38. The van der Waals surface area contributed by atoms with Crippen molar-refractivity contribution in [1.82, 2.24) is 0 Å². The van der Waals surface area contributed by atoms with E-state index in [-0.39, 0.29) is 25.6 Å². The highest BCUT2D eigenvalue weighted by molar-refractivity contribution is 7.47. The predicted molar refractivity (Wildman–Crippen MR) is 246 cm³/mol. The van der Waals surface area contributed by atoms with Gasteiger partial charge in [-0.2, -0.15) is 0 Å². The first-order valence-electron chi connectivity index (χ1n) is 23.7. The van der Waals surface area contributed by atoms with Crippen molar-refractivity contribution >= 4 is 25.7 Å². The van der Waals surface area contributed by atoms with E-state index in [1.165, 1.54) is 96.3 Å². The molecule has 0 fully saturated rings. The molecule has 0 amide bonds. The van der Waals surface area contributed by atoms with Gasteiger partial charge in [0.1, 0.15) is 12.6 Å². The molecule has 61 heavy (non-hydrogen) atoms. The molecule has 5 N–H and O–H groups in total. The van der Waals surface area contributed by atoms with E-state index in [1.54, 1.807) is 0 Å². The van der Waals surface area contributed by atoms with Crippen LogP contribution in [0.5, 0.6) is 0 Å². The van der Waals surface area contributed by atoms with Crippen molar-refractivity contribution in [2.24, 2.45) is 5.73 Å². The summed E-state index contributed by atoms with van der Waals surface area (Å²) in [6, 6.07) is -1.53. The van der Waals surface area contributed by atoms with Gasteiger partial charge in [0.2, 0.25) is 0 Å². The normalized spacial score (nSPS) is 14.6. The average Bonchev–Trinajstić information content (AvgIpc) is 3.24. The average molecular weight is 884 g/mol. The largest absolute Gasteiger partial charge is 0.480 e. The van der Waals surface area contributed by atoms with Crippen molar-refractivity contribution in [3.05, 3.63) is 48.6 Å². The summed E-state index contributed by atoms with van der Waals surface area (Å²) in [5.74, 6) is -2.47. The van der Waals surface area contributed by atoms with Gasteiger partial charge in [0.15, 0.2) is 6.10 Å². The van der Waals surface area contributed by atoms with E-state index in [1.807, 2.05) is 19.1 Å². The summed E-state index contributed by atoms with van der Waals surface area (Å²) >= 11 is 0. The number of phosphoric acid groups is 1. The maximum absolute atomic E-state index is 12.7. The number of aliphatic hydroxyl groups excluding tert-OH is 1. The van der Waals surface area contributed by atoms with E-state index in [4.69, 9.17) is 24.8 Å². The number of aliphatic carboxylic acids is 1. The zero-order chi connectivity index (χ0) is 45.1. The van der Waals surface area contributed by atoms with Crippen LogP contribution in [0, 0.1) is 0 Å². The molecule has 0 saturated carbocycles. The lowest BCUT2D eigenvalue weighted by Gasteiger charge is -2.20. The maximum atomic E-state index is 12.7. The van der Waals surface area contributed by atoms with Crippen molar-refractivity contribution in [3.63, 3.8) is 0 Å². The van der Waals surface area contributed by atoms with Gasteiger partial charge in [-0.05, 0) is 57.8 Å². The lowest BCUT2D eigenvalue weighted by Crippen LogP contribution is -2.34. The van der Waals surface area contributed by atoms with Gasteiger partial charge in [-0.25, -0.2) is 4.57 Å². The number of unbranched alkanes of at least 4 members (excludes halogenated alkanes) is 19. The summed E-state index contributed by atoms with van der Waals surface area (Å²) in [7, 11) is -4.74. The van der Waals surface area contributed by atoms with E-state index in [0.717, 1.165) is 57.8 Å². The fourth-order valence-corrected chi connectivity index (χ4v) is 7.11. The van der Waals surface area contributed by atoms with Crippen molar-refractivity contribution < 1.29 is 52.6 Å². The molecule has 12 nitrogen and oxygen atoms in total. The highest BCUT2D eigenvalue weighted by atomic mass is 31.2. The third-order valence-electron chi connectivity index (χ3n) is 10.2. The van der Waals surface area contributed by atoms with Crippen LogP contribution < -0.4 is 5.73 Å². The van der Waals surface area contributed by atoms with Crippen LogP contribution in [-0.2, 0) is 37.5 Å². The number of allylic oxidation sites excluding steroid dienone is 8. The van der Waals surface area contributed by atoms with E-state index < -0.39 is 51.1 Å². The van der Waals surface area contributed by atoms with Crippen LogP contribution in [0.25, 0.3) is 0 Å². The molecule has 0 radical (unpaired) electrons.